The van der Waals surface area contributed by atoms with Crippen LogP contribution in [0.25, 0.3) is 0 Å². The Morgan fingerprint density at radius 3 is 2.44 bits per heavy atom. The van der Waals surface area contributed by atoms with Crippen molar-refractivity contribution in [3.05, 3.63) is 24.7 Å². The second kappa shape index (κ2) is 3.72. The number of rotatable bonds is 2. The fourth-order valence-corrected chi connectivity index (χ4v) is 0.229. The monoisotopic (exact) mass is 125 g/mol. The number of hydrogen-bond donors (Lipinski definition) is 2. The van der Waals surface area contributed by atoms with E-state index in [0.717, 1.165) is 5.71 Å². The highest BCUT2D eigenvalue weighted by molar-refractivity contribution is 5.92. The summed E-state index contributed by atoms with van der Waals surface area (Å²) in [5.74, 6) is 0.205. The lowest BCUT2D eigenvalue weighted by molar-refractivity contribution is 1.22. The van der Waals surface area contributed by atoms with Gasteiger partial charge < -0.3 is 11.5 Å². The van der Waals surface area contributed by atoms with Crippen molar-refractivity contribution < 1.29 is 0 Å². The molecule has 0 heterocycles. The summed E-state index contributed by atoms with van der Waals surface area (Å²) in [4.78, 5) is 3.83. The maximum atomic E-state index is 5.09. The van der Waals surface area contributed by atoms with Gasteiger partial charge in [-0.2, -0.15) is 0 Å². The third kappa shape index (κ3) is 4.61. The van der Waals surface area contributed by atoms with Crippen LogP contribution in [0.15, 0.2) is 29.7 Å². The van der Waals surface area contributed by atoms with Gasteiger partial charge in [0.2, 0.25) is 0 Å². The second-order valence-electron chi connectivity index (χ2n) is 1.60. The zero-order valence-electron chi connectivity index (χ0n) is 5.46. The molecule has 0 aliphatic heterocycles. The van der Waals surface area contributed by atoms with Crippen molar-refractivity contribution in [1.82, 2.24) is 0 Å². The summed E-state index contributed by atoms with van der Waals surface area (Å²) in [6, 6.07) is 0. The molecule has 0 aliphatic rings. The van der Waals surface area contributed by atoms with Crippen LogP contribution >= 0.6 is 0 Å². The Balaban J connectivity index is 3.98. The molecule has 0 saturated carbocycles. The fourth-order valence-electron chi connectivity index (χ4n) is 0.229. The van der Waals surface area contributed by atoms with Crippen LogP contribution in [0.5, 0.6) is 0 Å². The molecule has 0 fully saturated rings. The van der Waals surface area contributed by atoms with Gasteiger partial charge in [0.05, 0.1) is 6.20 Å². The van der Waals surface area contributed by atoms with Crippen molar-refractivity contribution in [3.8, 4) is 0 Å². The summed E-state index contributed by atoms with van der Waals surface area (Å²) in [5, 5.41) is 0. The van der Waals surface area contributed by atoms with Gasteiger partial charge in [-0.25, -0.2) is 0 Å². The van der Waals surface area contributed by atoms with E-state index in [1.54, 1.807) is 6.08 Å². The zero-order chi connectivity index (χ0) is 7.28. The van der Waals surface area contributed by atoms with Crippen molar-refractivity contribution in [3.63, 3.8) is 0 Å². The minimum atomic E-state index is 0.205. The highest BCUT2D eigenvalue weighted by Crippen LogP contribution is 1.80. The third-order valence-corrected chi connectivity index (χ3v) is 0.713. The highest BCUT2D eigenvalue weighted by atomic mass is 14.8. The summed E-state index contributed by atoms with van der Waals surface area (Å²) in [7, 11) is 0. The van der Waals surface area contributed by atoms with E-state index in [-0.39, 0.29) is 5.82 Å². The van der Waals surface area contributed by atoms with Gasteiger partial charge in [0.1, 0.15) is 5.82 Å². The van der Waals surface area contributed by atoms with Gasteiger partial charge in [-0.3, -0.25) is 4.99 Å². The zero-order valence-corrected chi connectivity index (χ0v) is 5.46. The lowest BCUT2D eigenvalue weighted by Crippen LogP contribution is -2.06. The van der Waals surface area contributed by atoms with Crippen molar-refractivity contribution in [2.75, 3.05) is 0 Å². The van der Waals surface area contributed by atoms with Crippen LogP contribution in [0.4, 0.5) is 0 Å². The molecule has 9 heavy (non-hydrogen) atoms. The Hall–Kier alpha value is -1.25. The molecule has 0 bridgehead atoms. The molecule has 0 spiro atoms. The van der Waals surface area contributed by atoms with Gasteiger partial charge in [0.25, 0.3) is 0 Å². The van der Waals surface area contributed by atoms with Gasteiger partial charge in [0.15, 0.2) is 0 Å². The van der Waals surface area contributed by atoms with Crippen molar-refractivity contribution in [1.29, 1.82) is 0 Å². The number of allylic oxidation sites excluding steroid dienone is 1. The first-order valence-corrected chi connectivity index (χ1v) is 2.54. The summed E-state index contributed by atoms with van der Waals surface area (Å²) >= 11 is 0. The Labute approximate surface area is 54.8 Å². The van der Waals surface area contributed by atoms with E-state index in [1.165, 1.54) is 6.20 Å². The topological polar surface area (TPSA) is 64.4 Å². The van der Waals surface area contributed by atoms with Crippen molar-refractivity contribution >= 4 is 5.71 Å². The van der Waals surface area contributed by atoms with E-state index in [4.69, 9.17) is 11.5 Å². The third-order valence-electron chi connectivity index (χ3n) is 0.713. The smallest absolute Gasteiger partial charge is 0.112 e. The summed E-state index contributed by atoms with van der Waals surface area (Å²) < 4.78 is 0. The lowest BCUT2D eigenvalue weighted by atomic mass is 10.4. The summed E-state index contributed by atoms with van der Waals surface area (Å²) in [6.45, 7) is 5.31. The normalized spacial score (nSPS) is 10.6. The van der Waals surface area contributed by atoms with Gasteiger partial charge in [-0.05, 0) is 13.0 Å². The molecule has 0 aromatic heterocycles. The highest BCUT2D eigenvalue weighted by Gasteiger charge is 1.76. The van der Waals surface area contributed by atoms with E-state index in [2.05, 4.69) is 11.6 Å². The molecular weight excluding hydrogens is 114 g/mol. The average Bonchev–Trinajstić information content (AvgIpc) is 1.83. The average molecular weight is 125 g/mol. The lowest BCUT2D eigenvalue weighted by Gasteiger charge is -1.86. The fraction of sp³-hybridized carbons (Fsp3) is 0.167. The van der Waals surface area contributed by atoms with Gasteiger partial charge >= 0.3 is 0 Å². The largest absolute Gasteiger partial charge is 0.384 e. The van der Waals surface area contributed by atoms with E-state index >= 15 is 0 Å². The van der Waals surface area contributed by atoms with E-state index in [0.29, 0.717) is 0 Å². The molecule has 3 nitrogen and oxygen atoms in total. The SMILES string of the molecule is C=CC(C)=NC=C(N)N. The standard InChI is InChI=1S/C6H11N3/c1-3-5(2)9-4-6(7)8/h3-4H,1,7-8H2,2H3. The number of nitrogens with zero attached hydrogens (tertiary/aromatic N) is 1. The Morgan fingerprint density at radius 1 is 1.56 bits per heavy atom. The number of hydrogen-bond acceptors (Lipinski definition) is 3. The first-order chi connectivity index (χ1) is 4.16. The first kappa shape index (κ1) is 7.75. The molecule has 0 saturated heterocycles. The van der Waals surface area contributed by atoms with Gasteiger partial charge in [0, 0.05) is 5.71 Å². The molecule has 0 amide bonds. The number of nitrogens with two attached hydrogens (primary N) is 2. The first-order valence-electron chi connectivity index (χ1n) is 2.54. The minimum Gasteiger partial charge on any atom is -0.384 e. The van der Waals surface area contributed by atoms with Crippen LogP contribution < -0.4 is 11.5 Å². The van der Waals surface area contributed by atoms with Crippen LogP contribution in [0.1, 0.15) is 6.92 Å². The molecule has 0 radical (unpaired) electrons. The van der Waals surface area contributed by atoms with Crippen molar-refractivity contribution in [2.45, 2.75) is 6.92 Å². The molecule has 0 aromatic carbocycles. The predicted octanol–water partition coefficient (Wildman–Crippen LogP) is 0.350. The maximum absolute atomic E-state index is 5.09. The summed E-state index contributed by atoms with van der Waals surface area (Å²) in [5.41, 5.74) is 11.0. The van der Waals surface area contributed by atoms with E-state index in [1.807, 2.05) is 6.92 Å². The van der Waals surface area contributed by atoms with Crippen LogP contribution in [0.3, 0.4) is 0 Å². The quantitative estimate of drug-likeness (QED) is 0.523. The van der Waals surface area contributed by atoms with E-state index in [9.17, 15) is 0 Å². The number of aliphatic imine (C=N–C) groups is 1. The van der Waals surface area contributed by atoms with Crippen LogP contribution in [-0.4, -0.2) is 5.71 Å². The van der Waals surface area contributed by atoms with E-state index < -0.39 is 0 Å². The van der Waals surface area contributed by atoms with Gasteiger partial charge in [-0.15, -0.1) is 0 Å². The minimum absolute atomic E-state index is 0.205. The van der Waals surface area contributed by atoms with Crippen molar-refractivity contribution in [2.24, 2.45) is 16.5 Å². The molecule has 0 unspecified atom stereocenters. The molecule has 0 aliphatic carbocycles. The Kier molecular flexibility index (Phi) is 3.20. The molecule has 3 heteroatoms. The van der Waals surface area contributed by atoms with Crippen LogP contribution in [0.2, 0.25) is 0 Å². The second-order valence-corrected chi connectivity index (χ2v) is 1.60. The summed E-state index contributed by atoms with van der Waals surface area (Å²) in [6.07, 6.45) is 3.01. The Bertz CT molecular complexity index is 152. The molecule has 0 atom stereocenters. The molecule has 50 valence electrons. The van der Waals surface area contributed by atoms with Crippen LogP contribution in [-0.2, 0) is 0 Å². The van der Waals surface area contributed by atoms with Gasteiger partial charge in [-0.1, -0.05) is 6.58 Å². The molecule has 0 rings (SSSR count). The maximum Gasteiger partial charge on any atom is 0.112 e. The molecule has 4 N–H and O–H groups in total. The molecule has 0 aromatic rings. The predicted molar refractivity (Wildman–Crippen MR) is 39.8 cm³/mol. The van der Waals surface area contributed by atoms with Crippen LogP contribution in [0, 0.1) is 0 Å². The Morgan fingerprint density at radius 2 is 2.11 bits per heavy atom. The molecular formula is C6H11N3.